The first-order chi connectivity index (χ1) is 8.92. The van der Waals surface area contributed by atoms with Crippen LogP contribution in [0.1, 0.15) is 5.69 Å². The molecule has 3 aromatic rings. The fourth-order valence-electron chi connectivity index (χ4n) is 1.56. The predicted octanol–water partition coefficient (Wildman–Crippen LogP) is 3.98. The summed E-state index contributed by atoms with van der Waals surface area (Å²) in [5.41, 5.74) is 1.87. The van der Waals surface area contributed by atoms with Crippen molar-refractivity contribution < 1.29 is 0 Å². The van der Waals surface area contributed by atoms with Crippen LogP contribution in [0.3, 0.4) is 0 Å². The summed E-state index contributed by atoms with van der Waals surface area (Å²) in [7, 11) is 0. The minimum absolute atomic E-state index is 0.483. The van der Waals surface area contributed by atoms with E-state index in [0.29, 0.717) is 11.7 Å². The summed E-state index contributed by atoms with van der Waals surface area (Å²) in [4.78, 5) is 8.56. The number of para-hydroxylation sites is 1. The number of fused-ring (bicyclic) bond motifs is 1. The lowest BCUT2D eigenvalue weighted by Crippen LogP contribution is -1.83. The van der Waals surface area contributed by atoms with Gasteiger partial charge in [0, 0.05) is 6.20 Å². The minimum Gasteiger partial charge on any atom is -0.259 e. The largest absolute Gasteiger partial charge is 0.259 e. The molecule has 0 N–H and O–H groups in total. The van der Waals surface area contributed by atoms with Crippen LogP contribution in [0.15, 0.2) is 58.9 Å². The smallest absolute Gasteiger partial charge is 0.230 e. The molecule has 88 valence electrons. The summed E-state index contributed by atoms with van der Waals surface area (Å²) in [6, 6.07) is 13.7. The number of hydrogen-bond donors (Lipinski definition) is 0. The van der Waals surface area contributed by atoms with Gasteiger partial charge < -0.3 is 0 Å². The van der Waals surface area contributed by atoms with E-state index in [2.05, 4.69) is 20.2 Å². The van der Waals surface area contributed by atoms with E-state index in [1.807, 2.05) is 42.5 Å². The standard InChI is InChI=1S/C13H10N4S/c1-2-7-12-11(6-1)16-13(18-12)17-15-9-10-5-3-4-8-14-10/h1-8H,9H2. The van der Waals surface area contributed by atoms with Crippen LogP contribution in [0, 0.1) is 0 Å². The molecule has 0 radical (unpaired) electrons. The van der Waals surface area contributed by atoms with Gasteiger partial charge in [-0.1, -0.05) is 29.5 Å². The molecule has 0 amide bonds. The normalized spacial score (nSPS) is 11.3. The number of azo groups is 1. The SMILES string of the molecule is c1ccc(CN=Nc2nc3ccccc3s2)nc1. The second-order valence-electron chi connectivity index (χ2n) is 3.68. The molecule has 18 heavy (non-hydrogen) atoms. The van der Waals surface area contributed by atoms with Crippen molar-refractivity contribution in [1.29, 1.82) is 0 Å². The molecule has 0 unspecified atom stereocenters. The molecular formula is C13H10N4S. The zero-order chi connectivity index (χ0) is 12.2. The predicted molar refractivity (Wildman–Crippen MR) is 72.1 cm³/mol. The van der Waals surface area contributed by atoms with Crippen LogP contribution < -0.4 is 0 Å². The average Bonchev–Trinajstić information content (AvgIpc) is 2.82. The van der Waals surface area contributed by atoms with Crippen molar-refractivity contribution in [2.75, 3.05) is 0 Å². The van der Waals surface area contributed by atoms with Crippen molar-refractivity contribution in [2.45, 2.75) is 6.54 Å². The Kier molecular flexibility index (Phi) is 3.06. The lowest BCUT2D eigenvalue weighted by atomic mass is 10.3. The second kappa shape index (κ2) is 5.01. The number of thiazole rings is 1. The zero-order valence-electron chi connectivity index (χ0n) is 9.52. The first kappa shape index (κ1) is 11.0. The summed E-state index contributed by atoms with van der Waals surface area (Å²) < 4.78 is 1.13. The first-order valence-electron chi connectivity index (χ1n) is 5.55. The molecular weight excluding hydrogens is 244 g/mol. The van der Waals surface area contributed by atoms with Gasteiger partial charge in [-0.15, -0.1) is 5.11 Å². The van der Waals surface area contributed by atoms with Gasteiger partial charge in [-0.2, -0.15) is 5.11 Å². The summed E-state index contributed by atoms with van der Waals surface area (Å²) in [6.45, 7) is 0.483. The van der Waals surface area contributed by atoms with Gasteiger partial charge in [0.1, 0.15) is 6.54 Å². The molecule has 0 bridgehead atoms. The fourth-order valence-corrected chi connectivity index (χ4v) is 2.37. The van der Waals surface area contributed by atoms with Crippen LogP contribution in [0.2, 0.25) is 0 Å². The number of rotatable bonds is 3. The summed E-state index contributed by atoms with van der Waals surface area (Å²) in [6.07, 6.45) is 1.75. The monoisotopic (exact) mass is 254 g/mol. The van der Waals surface area contributed by atoms with Crippen molar-refractivity contribution in [3.63, 3.8) is 0 Å². The Morgan fingerprint density at radius 1 is 1.06 bits per heavy atom. The van der Waals surface area contributed by atoms with E-state index in [4.69, 9.17) is 0 Å². The molecule has 0 aliphatic rings. The molecule has 0 saturated heterocycles. The Labute approximate surface area is 108 Å². The molecule has 0 saturated carbocycles. The molecule has 0 spiro atoms. The van der Waals surface area contributed by atoms with E-state index >= 15 is 0 Å². The Hall–Kier alpha value is -2.14. The van der Waals surface area contributed by atoms with Crippen LogP contribution in [0.4, 0.5) is 5.13 Å². The van der Waals surface area contributed by atoms with Crippen molar-refractivity contribution >= 4 is 26.7 Å². The van der Waals surface area contributed by atoms with Gasteiger partial charge in [0.05, 0.1) is 15.9 Å². The van der Waals surface area contributed by atoms with Crippen LogP contribution in [-0.4, -0.2) is 9.97 Å². The molecule has 0 atom stereocenters. The lowest BCUT2D eigenvalue weighted by Gasteiger charge is -1.91. The maximum atomic E-state index is 4.38. The van der Waals surface area contributed by atoms with Gasteiger partial charge in [-0.3, -0.25) is 4.98 Å². The van der Waals surface area contributed by atoms with Gasteiger partial charge in [-0.05, 0) is 24.3 Å². The topological polar surface area (TPSA) is 50.5 Å². The third-order valence-corrected chi connectivity index (χ3v) is 3.32. The highest BCUT2D eigenvalue weighted by molar-refractivity contribution is 7.21. The van der Waals surface area contributed by atoms with Crippen molar-refractivity contribution in [1.82, 2.24) is 9.97 Å². The second-order valence-corrected chi connectivity index (χ2v) is 4.69. The maximum absolute atomic E-state index is 4.38. The van der Waals surface area contributed by atoms with Gasteiger partial charge >= 0.3 is 0 Å². The van der Waals surface area contributed by atoms with Crippen LogP contribution >= 0.6 is 11.3 Å². The number of hydrogen-bond acceptors (Lipinski definition) is 5. The fraction of sp³-hybridized carbons (Fsp3) is 0.0769. The maximum Gasteiger partial charge on any atom is 0.230 e. The summed E-state index contributed by atoms with van der Waals surface area (Å²) >= 11 is 1.54. The molecule has 0 aliphatic heterocycles. The highest BCUT2D eigenvalue weighted by atomic mass is 32.1. The van der Waals surface area contributed by atoms with E-state index in [1.165, 1.54) is 0 Å². The Morgan fingerprint density at radius 3 is 2.78 bits per heavy atom. The third-order valence-electron chi connectivity index (χ3n) is 2.40. The molecule has 0 aliphatic carbocycles. The average molecular weight is 254 g/mol. The van der Waals surface area contributed by atoms with Crippen LogP contribution in [-0.2, 0) is 6.54 Å². The third kappa shape index (κ3) is 2.41. The minimum atomic E-state index is 0.483. The highest BCUT2D eigenvalue weighted by Crippen LogP contribution is 2.27. The Morgan fingerprint density at radius 2 is 1.94 bits per heavy atom. The Bertz CT molecular complexity index is 643. The zero-order valence-corrected chi connectivity index (χ0v) is 10.3. The van der Waals surface area contributed by atoms with Gasteiger partial charge in [0.25, 0.3) is 0 Å². The van der Waals surface area contributed by atoms with Crippen LogP contribution in [0.5, 0.6) is 0 Å². The van der Waals surface area contributed by atoms with Gasteiger partial charge in [-0.25, -0.2) is 4.98 Å². The molecule has 0 fully saturated rings. The first-order valence-corrected chi connectivity index (χ1v) is 6.36. The van der Waals surface area contributed by atoms with E-state index in [0.717, 1.165) is 15.9 Å². The van der Waals surface area contributed by atoms with Crippen molar-refractivity contribution in [3.05, 3.63) is 54.4 Å². The lowest BCUT2D eigenvalue weighted by molar-refractivity contribution is 0.913. The van der Waals surface area contributed by atoms with Gasteiger partial charge in [0.2, 0.25) is 5.13 Å². The molecule has 2 heterocycles. The van der Waals surface area contributed by atoms with E-state index in [9.17, 15) is 0 Å². The molecule has 1 aromatic carbocycles. The Balaban J connectivity index is 1.76. The quantitative estimate of drug-likeness (QED) is 0.664. The molecule has 5 heteroatoms. The summed E-state index contributed by atoms with van der Waals surface area (Å²) in [5.74, 6) is 0. The number of benzene rings is 1. The van der Waals surface area contributed by atoms with E-state index in [-0.39, 0.29) is 0 Å². The number of aromatic nitrogens is 2. The number of nitrogens with zero attached hydrogens (tertiary/aromatic N) is 4. The van der Waals surface area contributed by atoms with E-state index < -0.39 is 0 Å². The van der Waals surface area contributed by atoms with E-state index in [1.54, 1.807) is 17.5 Å². The van der Waals surface area contributed by atoms with Crippen molar-refractivity contribution in [3.8, 4) is 0 Å². The molecule has 2 aromatic heterocycles. The van der Waals surface area contributed by atoms with Gasteiger partial charge in [0.15, 0.2) is 0 Å². The molecule has 3 rings (SSSR count). The summed E-state index contributed by atoms with van der Waals surface area (Å²) in [5, 5.41) is 8.94. The van der Waals surface area contributed by atoms with Crippen molar-refractivity contribution in [2.24, 2.45) is 10.2 Å². The molecule has 4 nitrogen and oxygen atoms in total. The van der Waals surface area contributed by atoms with Crippen LogP contribution in [0.25, 0.3) is 10.2 Å². The highest BCUT2D eigenvalue weighted by Gasteiger charge is 2.00. The number of pyridine rings is 1.